The fourth-order valence-electron chi connectivity index (χ4n) is 2.31. The number of halogens is 2. The minimum Gasteiger partial charge on any atom is -0.444 e. The van der Waals surface area contributed by atoms with Crippen LogP contribution in [0.25, 0.3) is 0 Å². The normalized spacial score (nSPS) is 21.6. The van der Waals surface area contributed by atoms with Gasteiger partial charge in [0.25, 0.3) is 5.92 Å². The second kappa shape index (κ2) is 8.10. The van der Waals surface area contributed by atoms with Crippen LogP contribution in [-0.2, 0) is 13.9 Å². The molecule has 0 aromatic carbocycles. The molecule has 0 spiro atoms. The number of hydrogen-bond acceptors (Lipinski definition) is 4. The van der Waals surface area contributed by atoms with Gasteiger partial charge < -0.3 is 18.8 Å². The Morgan fingerprint density at radius 2 is 1.73 bits per heavy atom. The number of alkyl halides is 2. The van der Waals surface area contributed by atoms with Gasteiger partial charge in [-0.1, -0.05) is 20.8 Å². The monoisotopic (exact) mass is 395 g/mol. The molecule has 1 fully saturated rings. The van der Waals surface area contributed by atoms with E-state index < -0.39 is 38.6 Å². The molecule has 1 heterocycles. The maximum absolute atomic E-state index is 14.4. The molecule has 1 saturated heterocycles. The smallest absolute Gasteiger partial charge is 0.410 e. The van der Waals surface area contributed by atoms with Crippen LogP contribution in [0.5, 0.6) is 0 Å². The highest BCUT2D eigenvalue weighted by Gasteiger charge is 2.47. The first-order valence-electron chi connectivity index (χ1n) is 9.16. The van der Waals surface area contributed by atoms with Crippen molar-refractivity contribution in [1.82, 2.24) is 4.90 Å². The topological polar surface area (TPSA) is 48.0 Å². The number of carbonyl (C=O) groups excluding carboxylic acids is 1. The zero-order chi connectivity index (χ0) is 20.4. The molecule has 0 N–H and O–H groups in total. The van der Waals surface area contributed by atoms with Gasteiger partial charge in [0.1, 0.15) is 11.7 Å². The largest absolute Gasteiger partial charge is 0.444 e. The first kappa shape index (κ1) is 23.3. The number of carbonyl (C=O) groups is 1. The number of rotatable bonds is 5. The number of hydrogen-bond donors (Lipinski definition) is 0. The summed E-state index contributed by atoms with van der Waals surface area (Å²) in [4.78, 5) is 13.0. The third-order valence-corrected chi connectivity index (χ3v) is 9.40. The Balaban J connectivity index is 2.48. The maximum Gasteiger partial charge on any atom is 0.410 e. The van der Waals surface area contributed by atoms with Crippen LogP contribution in [-0.4, -0.2) is 63.2 Å². The highest BCUT2D eigenvalue weighted by Crippen LogP contribution is 2.36. The summed E-state index contributed by atoms with van der Waals surface area (Å²) in [6, 6.07) is 0. The Morgan fingerprint density at radius 3 is 2.19 bits per heavy atom. The van der Waals surface area contributed by atoms with E-state index in [1.165, 1.54) is 0 Å². The summed E-state index contributed by atoms with van der Waals surface area (Å²) in [7, 11) is -1.91. The standard InChI is InChI=1S/C18H35F2NO4Si/c1-16(2,3)25-15(22)21-10-9-14(18(19,20)13-21)23-11-12-24-26(7,8)17(4,5)6/h14H,9-13H2,1-8H3/t14-/m1/s1. The van der Waals surface area contributed by atoms with Gasteiger partial charge in [-0.2, -0.15) is 0 Å². The number of likely N-dealkylation sites (tertiary alicyclic amines) is 1. The van der Waals surface area contributed by atoms with E-state index >= 15 is 0 Å². The molecule has 0 saturated carbocycles. The summed E-state index contributed by atoms with van der Waals surface area (Å²) in [5, 5.41) is 0.0652. The van der Waals surface area contributed by atoms with Gasteiger partial charge in [-0.05, 0) is 45.3 Å². The van der Waals surface area contributed by atoms with E-state index in [1.54, 1.807) is 20.8 Å². The molecule has 8 heteroatoms. The van der Waals surface area contributed by atoms with Crippen molar-refractivity contribution in [2.75, 3.05) is 26.3 Å². The van der Waals surface area contributed by atoms with Crippen LogP contribution in [0, 0.1) is 0 Å². The van der Waals surface area contributed by atoms with Gasteiger partial charge in [-0.3, -0.25) is 0 Å². The second-order valence-corrected chi connectivity index (χ2v) is 14.2. The first-order valence-corrected chi connectivity index (χ1v) is 12.1. The molecule has 0 unspecified atom stereocenters. The SMILES string of the molecule is CC(C)(C)OC(=O)N1CC[C@@H](OCCO[Si](C)(C)C(C)(C)C)C(F)(F)C1. The molecule has 1 amide bonds. The van der Waals surface area contributed by atoms with Gasteiger partial charge in [-0.25, -0.2) is 13.6 Å². The van der Waals surface area contributed by atoms with Crippen molar-refractivity contribution in [3.8, 4) is 0 Å². The summed E-state index contributed by atoms with van der Waals surface area (Å²) >= 11 is 0. The molecule has 154 valence electrons. The van der Waals surface area contributed by atoms with E-state index in [0.717, 1.165) is 4.90 Å². The first-order chi connectivity index (χ1) is 11.6. The molecule has 0 aromatic rings. The fourth-order valence-corrected chi connectivity index (χ4v) is 3.34. The van der Waals surface area contributed by atoms with Gasteiger partial charge in [-0.15, -0.1) is 0 Å². The number of nitrogens with zero attached hydrogens (tertiary/aromatic N) is 1. The molecule has 1 rings (SSSR count). The maximum atomic E-state index is 14.4. The van der Waals surface area contributed by atoms with Crippen LogP contribution in [0.2, 0.25) is 18.1 Å². The van der Waals surface area contributed by atoms with Gasteiger partial charge in [0, 0.05) is 6.54 Å². The van der Waals surface area contributed by atoms with E-state index in [0.29, 0.717) is 6.61 Å². The Kier molecular flexibility index (Phi) is 7.26. The molecule has 0 radical (unpaired) electrons. The van der Waals surface area contributed by atoms with E-state index in [-0.39, 0.29) is 24.6 Å². The third-order valence-electron chi connectivity index (χ3n) is 4.86. The van der Waals surface area contributed by atoms with Crippen molar-refractivity contribution in [1.29, 1.82) is 0 Å². The predicted molar refractivity (Wildman–Crippen MR) is 100 cm³/mol. The molecule has 0 aliphatic carbocycles. The zero-order valence-electron chi connectivity index (χ0n) is 17.4. The Hall–Kier alpha value is -0.733. The highest BCUT2D eigenvalue weighted by atomic mass is 28.4. The molecule has 0 aromatic heterocycles. The van der Waals surface area contributed by atoms with Gasteiger partial charge in [0.2, 0.25) is 0 Å². The van der Waals surface area contributed by atoms with Gasteiger partial charge >= 0.3 is 6.09 Å². The van der Waals surface area contributed by atoms with Crippen LogP contribution in [0.3, 0.4) is 0 Å². The summed E-state index contributed by atoms with van der Waals surface area (Å²) < 4.78 is 45.2. The molecule has 1 aliphatic heterocycles. The molecular weight excluding hydrogens is 360 g/mol. The van der Waals surface area contributed by atoms with Crippen molar-refractivity contribution in [3.05, 3.63) is 0 Å². The Labute approximate surface area is 157 Å². The lowest BCUT2D eigenvalue weighted by Crippen LogP contribution is -2.55. The summed E-state index contributed by atoms with van der Waals surface area (Å²) in [5.41, 5.74) is -0.708. The lowest BCUT2D eigenvalue weighted by molar-refractivity contribution is -0.172. The van der Waals surface area contributed by atoms with Crippen LogP contribution in [0.1, 0.15) is 48.0 Å². The Morgan fingerprint density at radius 1 is 1.15 bits per heavy atom. The molecule has 1 atom stereocenters. The predicted octanol–water partition coefficient (Wildman–Crippen LogP) is 4.67. The molecule has 0 bridgehead atoms. The van der Waals surface area contributed by atoms with Gasteiger partial charge in [0.15, 0.2) is 8.32 Å². The summed E-state index contributed by atoms with van der Waals surface area (Å²) in [5.74, 6) is -3.11. The Bertz CT molecular complexity index is 487. The lowest BCUT2D eigenvalue weighted by atomic mass is 10.0. The van der Waals surface area contributed by atoms with Crippen LogP contribution >= 0.6 is 0 Å². The quantitative estimate of drug-likeness (QED) is 0.501. The second-order valence-electron chi connectivity index (χ2n) is 9.42. The van der Waals surface area contributed by atoms with Crippen LogP contribution in [0.4, 0.5) is 13.6 Å². The average Bonchev–Trinajstić information content (AvgIpc) is 2.41. The zero-order valence-corrected chi connectivity index (χ0v) is 18.4. The molecule has 26 heavy (non-hydrogen) atoms. The van der Waals surface area contributed by atoms with Crippen molar-refractivity contribution in [2.45, 2.75) is 83.7 Å². The third kappa shape index (κ3) is 6.77. The summed E-state index contributed by atoms with van der Waals surface area (Å²) in [6.07, 6.45) is -1.84. The van der Waals surface area contributed by atoms with Crippen molar-refractivity contribution in [3.63, 3.8) is 0 Å². The molecule has 5 nitrogen and oxygen atoms in total. The summed E-state index contributed by atoms with van der Waals surface area (Å²) in [6.45, 7) is 15.7. The van der Waals surface area contributed by atoms with Crippen molar-refractivity contribution >= 4 is 14.4 Å². The number of ether oxygens (including phenoxy) is 2. The molecule has 1 aliphatic rings. The van der Waals surface area contributed by atoms with E-state index in [9.17, 15) is 13.6 Å². The minimum atomic E-state index is -3.11. The van der Waals surface area contributed by atoms with Crippen LogP contribution < -0.4 is 0 Å². The average molecular weight is 396 g/mol. The fraction of sp³-hybridized carbons (Fsp3) is 0.944. The van der Waals surface area contributed by atoms with E-state index in [4.69, 9.17) is 13.9 Å². The van der Waals surface area contributed by atoms with Crippen molar-refractivity contribution < 1.29 is 27.5 Å². The van der Waals surface area contributed by atoms with Crippen LogP contribution in [0.15, 0.2) is 0 Å². The number of amides is 1. The van der Waals surface area contributed by atoms with E-state index in [2.05, 4.69) is 33.9 Å². The lowest BCUT2D eigenvalue weighted by Gasteiger charge is -2.39. The molecular formula is C18H35F2NO4Si. The number of piperidine rings is 1. The van der Waals surface area contributed by atoms with Crippen molar-refractivity contribution in [2.24, 2.45) is 0 Å². The minimum absolute atomic E-state index is 0.0652. The highest BCUT2D eigenvalue weighted by molar-refractivity contribution is 6.74. The van der Waals surface area contributed by atoms with E-state index in [1.807, 2.05) is 0 Å². The van der Waals surface area contributed by atoms with Gasteiger partial charge in [0.05, 0.1) is 19.8 Å².